The Morgan fingerprint density at radius 3 is 1.91 bits per heavy atom. The molecule has 1 saturated heterocycles. The van der Waals surface area contributed by atoms with E-state index >= 15 is 0 Å². The average Bonchev–Trinajstić information content (AvgIpc) is 3.00. The van der Waals surface area contributed by atoms with Crippen LogP contribution in [0.5, 0.6) is 0 Å². The second-order valence-electron chi connectivity index (χ2n) is 8.39. The van der Waals surface area contributed by atoms with E-state index in [9.17, 15) is 0 Å². The minimum absolute atomic E-state index is 0.601. The number of nitrogens with zero attached hydrogens (tertiary/aromatic N) is 1. The Hall–Kier alpha value is -0.630. The molecule has 5 fully saturated rings. The van der Waals surface area contributed by atoms with Gasteiger partial charge in [0.15, 0.2) is 0 Å². The molecule has 2 heteroatoms. The third-order valence-electron chi connectivity index (χ3n) is 6.62. The largest absolute Gasteiger partial charge is 0.372 e. The van der Waals surface area contributed by atoms with Gasteiger partial charge >= 0.3 is 0 Å². The van der Waals surface area contributed by atoms with Crippen molar-refractivity contribution in [1.82, 2.24) is 0 Å². The molecule has 0 N–H and O–H groups in total. The third kappa shape index (κ3) is 2.38. The fourth-order valence-corrected chi connectivity index (χ4v) is 7.84. The van der Waals surface area contributed by atoms with E-state index in [0.29, 0.717) is 4.75 Å². The van der Waals surface area contributed by atoms with Gasteiger partial charge in [0.2, 0.25) is 0 Å². The van der Waals surface area contributed by atoms with Gasteiger partial charge in [-0.3, -0.25) is 0 Å². The number of benzene rings is 1. The molecule has 4 aliphatic carbocycles. The minimum atomic E-state index is 0.601. The van der Waals surface area contributed by atoms with Gasteiger partial charge in [-0.05, 0) is 93.4 Å². The monoisotopic (exact) mass is 313 g/mol. The molecule has 1 aromatic carbocycles. The fourth-order valence-electron chi connectivity index (χ4n) is 6.11. The molecule has 0 amide bonds. The smallest absolute Gasteiger partial charge is 0.0366 e. The van der Waals surface area contributed by atoms with E-state index in [0.717, 1.165) is 17.8 Å². The summed E-state index contributed by atoms with van der Waals surface area (Å²) < 4.78 is 0.601. The van der Waals surface area contributed by atoms with Crippen LogP contribution >= 0.6 is 11.8 Å². The molecular formula is C20H27NS. The molecule has 1 nitrogen and oxygen atoms in total. The molecule has 5 aliphatic rings. The summed E-state index contributed by atoms with van der Waals surface area (Å²) in [6, 6.07) is 9.54. The lowest BCUT2D eigenvalue weighted by atomic mass is 9.56. The molecule has 1 aliphatic heterocycles. The quantitative estimate of drug-likeness (QED) is 0.740. The van der Waals surface area contributed by atoms with Crippen LogP contribution in [0.4, 0.5) is 5.69 Å². The van der Waals surface area contributed by atoms with E-state index < -0.39 is 0 Å². The van der Waals surface area contributed by atoms with Crippen LogP contribution in [0.25, 0.3) is 0 Å². The molecular weight excluding hydrogens is 286 g/mol. The van der Waals surface area contributed by atoms with Crippen molar-refractivity contribution in [3.63, 3.8) is 0 Å². The summed E-state index contributed by atoms with van der Waals surface area (Å²) >= 11 is 2.23. The van der Waals surface area contributed by atoms with Crippen molar-refractivity contribution in [3.8, 4) is 0 Å². The fraction of sp³-hybridized carbons (Fsp3) is 0.700. The number of thioether (sulfide) groups is 1. The van der Waals surface area contributed by atoms with Gasteiger partial charge in [-0.1, -0.05) is 0 Å². The molecule has 0 aromatic heterocycles. The highest BCUT2D eigenvalue weighted by molar-refractivity contribution is 8.00. The first kappa shape index (κ1) is 13.8. The van der Waals surface area contributed by atoms with Crippen molar-refractivity contribution in [2.75, 3.05) is 18.0 Å². The van der Waals surface area contributed by atoms with Crippen molar-refractivity contribution < 1.29 is 0 Å². The molecule has 1 aromatic rings. The Balaban J connectivity index is 1.33. The Labute approximate surface area is 138 Å². The van der Waals surface area contributed by atoms with E-state index in [1.807, 2.05) is 0 Å². The summed E-state index contributed by atoms with van der Waals surface area (Å²) in [6.45, 7) is 2.50. The first-order chi connectivity index (χ1) is 10.8. The second-order valence-corrected chi connectivity index (χ2v) is 9.93. The predicted octanol–water partition coefficient (Wildman–Crippen LogP) is 5.35. The van der Waals surface area contributed by atoms with E-state index in [2.05, 4.69) is 40.9 Å². The van der Waals surface area contributed by atoms with Crippen LogP contribution in [-0.2, 0) is 0 Å². The standard InChI is InChI=1S/C20H27NS/c1-2-8-21(7-1)18-3-5-19(6-4-18)22-20-12-15-9-16(13-20)11-17(10-15)14-20/h3-6,15-17H,1-2,7-14H2. The number of anilines is 1. The van der Waals surface area contributed by atoms with E-state index in [-0.39, 0.29) is 0 Å². The Kier molecular flexibility index (Phi) is 3.25. The molecule has 4 saturated carbocycles. The SMILES string of the molecule is c1cc(N2CCCC2)ccc1SC12CC3CC(CC(C3)C1)C2. The van der Waals surface area contributed by atoms with Gasteiger partial charge < -0.3 is 4.90 Å². The lowest BCUT2D eigenvalue weighted by molar-refractivity contribution is 0.0383. The highest BCUT2D eigenvalue weighted by atomic mass is 32.2. The van der Waals surface area contributed by atoms with Gasteiger partial charge in [0.25, 0.3) is 0 Å². The summed E-state index contributed by atoms with van der Waals surface area (Å²) in [7, 11) is 0. The Bertz CT molecular complexity index is 508. The van der Waals surface area contributed by atoms with Crippen molar-refractivity contribution >= 4 is 17.4 Å². The summed E-state index contributed by atoms with van der Waals surface area (Å²) in [5.74, 6) is 3.17. The van der Waals surface area contributed by atoms with Crippen LogP contribution in [-0.4, -0.2) is 17.8 Å². The maximum Gasteiger partial charge on any atom is 0.0366 e. The maximum atomic E-state index is 2.54. The van der Waals surface area contributed by atoms with Crippen molar-refractivity contribution in [2.45, 2.75) is 61.0 Å². The lowest BCUT2D eigenvalue weighted by Crippen LogP contribution is -2.48. The molecule has 22 heavy (non-hydrogen) atoms. The highest BCUT2D eigenvalue weighted by Gasteiger charge is 2.51. The Morgan fingerprint density at radius 1 is 0.818 bits per heavy atom. The number of rotatable bonds is 3. The summed E-state index contributed by atoms with van der Waals surface area (Å²) in [6.07, 6.45) is 11.9. The zero-order valence-electron chi connectivity index (χ0n) is 13.5. The first-order valence-corrected chi connectivity index (χ1v) is 10.1. The first-order valence-electron chi connectivity index (χ1n) is 9.32. The van der Waals surface area contributed by atoms with E-state index in [4.69, 9.17) is 0 Å². The van der Waals surface area contributed by atoms with Gasteiger partial charge in [0.1, 0.15) is 0 Å². The zero-order chi connectivity index (χ0) is 14.6. The topological polar surface area (TPSA) is 3.24 Å². The third-order valence-corrected chi connectivity index (χ3v) is 8.07. The van der Waals surface area contributed by atoms with Crippen LogP contribution in [0.3, 0.4) is 0 Å². The van der Waals surface area contributed by atoms with Crippen LogP contribution < -0.4 is 4.90 Å². The summed E-state index contributed by atoms with van der Waals surface area (Å²) in [5.41, 5.74) is 1.44. The van der Waals surface area contributed by atoms with Gasteiger partial charge in [-0.2, -0.15) is 0 Å². The molecule has 6 rings (SSSR count). The zero-order valence-corrected chi connectivity index (χ0v) is 14.3. The molecule has 0 radical (unpaired) electrons. The normalized spacial score (nSPS) is 39.6. The molecule has 1 heterocycles. The summed E-state index contributed by atoms with van der Waals surface area (Å²) in [4.78, 5) is 4.06. The van der Waals surface area contributed by atoms with Crippen LogP contribution in [0, 0.1) is 17.8 Å². The summed E-state index contributed by atoms with van der Waals surface area (Å²) in [5, 5.41) is 0. The van der Waals surface area contributed by atoms with Crippen molar-refractivity contribution in [1.29, 1.82) is 0 Å². The predicted molar refractivity (Wildman–Crippen MR) is 94.6 cm³/mol. The number of hydrogen-bond donors (Lipinski definition) is 0. The van der Waals surface area contributed by atoms with Gasteiger partial charge in [-0.15, -0.1) is 11.8 Å². The highest BCUT2D eigenvalue weighted by Crippen LogP contribution is 2.61. The van der Waals surface area contributed by atoms with Gasteiger partial charge in [0.05, 0.1) is 0 Å². The van der Waals surface area contributed by atoms with Crippen LogP contribution in [0.15, 0.2) is 29.2 Å². The molecule has 118 valence electrons. The van der Waals surface area contributed by atoms with Crippen molar-refractivity contribution in [3.05, 3.63) is 24.3 Å². The van der Waals surface area contributed by atoms with Crippen LogP contribution in [0.2, 0.25) is 0 Å². The molecule has 0 atom stereocenters. The molecule has 4 bridgehead atoms. The Morgan fingerprint density at radius 2 is 1.36 bits per heavy atom. The van der Waals surface area contributed by atoms with E-state index in [1.54, 1.807) is 19.3 Å². The van der Waals surface area contributed by atoms with Crippen molar-refractivity contribution in [2.24, 2.45) is 17.8 Å². The van der Waals surface area contributed by atoms with Gasteiger partial charge in [-0.25, -0.2) is 0 Å². The average molecular weight is 314 g/mol. The van der Waals surface area contributed by atoms with Gasteiger partial charge in [0, 0.05) is 28.4 Å². The molecule has 0 unspecified atom stereocenters. The minimum Gasteiger partial charge on any atom is -0.372 e. The number of hydrogen-bond acceptors (Lipinski definition) is 2. The van der Waals surface area contributed by atoms with Crippen LogP contribution in [0.1, 0.15) is 51.4 Å². The lowest BCUT2D eigenvalue weighted by Gasteiger charge is -2.56. The molecule has 0 spiro atoms. The second kappa shape index (κ2) is 5.19. The maximum absolute atomic E-state index is 2.54. The van der Waals surface area contributed by atoms with E-state index in [1.165, 1.54) is 55.8 Å².